The van der Waals surface area contributed by atoms with Gasteiger partial charge in [-0.25, -0.2) is 0 Å². The fourth-order valence-corrected chi connectivity index (χ4v) is 16.4. The molecule has 0 bridgehead atoms. The van der Waals surface area contributed by atoms with E-state index >= 15 is 19.2 Å². The molecule has 0 fully saturated rings. The predicted molar refractivity (Wildman–Crippen MR) is 545 cm³/mol. The number of aliphatic carboxylic acids is 1. The first kappa shape index (κ1) is 120. The highest BCUT2D eigenvalue weighted by molar-refractivity contribution is 6.02. The predicted octanol–water partition coefficient (Wildman–Crippen LogP) is -1.83. The summed E-state index contributed by atoms with van der Waals surface area (Å²) in [5.41, 5.74) is 50.4. The largest absolute Gasteiger partial charge is 0.481 e. The smallest absolute Gasteiger partial charge is 0.303 e. The van der Waals surface area contributed by atoms with Crippen LogP contribution in [0.3, 0.4) is 0 Å². The summed E-state index contributed by atoms with van der Waals surface area (Å²) in [6, 6.07) is 8.84. The standard InChI is InChI=1S/C100H152N26O19/c1-7-59(6)84(99(145)124-79(52-63-55-112-68-34-17-15-32-65(63)68)96(142)123-80(53-82(106)128)97(143)122-78(51-62-54-111-67-33-16-14-31-64(62)67)95(141)113-69(85(107)131)35-18-22-42-101)126-91(137)72(38-21-25-45-104)117-98(144)81(56-127)125-94(140)77(50-61-29-12-9-13-30-61)121-93(139)76(48-58(4)5)120-88(134)71(37-20-24-44-103)115-90(136)74(40-41-83(129)130)118-92(138)75(47-57(2)3)119-89(135)73(39-26-46-110-100(108)109)116-87(133)70(36-19-23-43-102)114-86(132)66(105)49-60-27-10-8-11-28-60/h8-17,27-34,54-55,57-59,66,69-81,84,111-112,127H,7,18-26,35-53,56,101-105H2,1-6H3,(H2,106,128)(H2,107,131)(H,113,141)(H,114,132)(H,115,136)(H,116,133)(H,117,144)(H,118,138)(H,119,135)(H,120,134)(H,121,139)(H,122,143)(H,123,142)(H,124,145)(H,125,140)(H,126,137)(H,129,130)(H4,108,109,110)/t59-,66-,69-,70-,71-,72-,73-,74-,75-,76-,77-,78-,79-,80-,81-,84-/m0/s1. The van der Waals surface area contributed by atoms with Crippen molar-refractivity contribution in [1.29, 1.82) is 5.41 Å². The summed E-state index contributed by atoms with van der Waals surface area (Å²) in [7, 11) is 0. The topological polar surface area (TPSA) is 775 Å². The Hall–Kier alpha value is -14.0. The third-order valence-electron chi connectivity index (χ3n) is 24.6. The Bertz CT molecular complexity index is 5240. The van der Waals surface area contributed by atoms with Crippen molar-refractivity contribution in [3.05, 3.63) is 144 Å². The number of carbonyl (C=O) groups is 17. The molecule has 45 nitrogen and oxygen atoms in total. The summed E-state index contributed by atoms with van der Waals surface area (Å²) in [6.07, 6.45) is 3.29. The van der Waals surface area contributed by atoms with E-state index in [0.29, 0.717) is 83.6 Å². The number of amides is 16. The summed E-state index contributed by atoms with van der Waals surface area (Å²) >= 11 is 0. The number of fused-ring (bicyclic) bond motifs is 2. The number of aliphatic hydroxyl groups is 1. The average Bonchev–Trinajstić information content (AvgIpc) is 1.70. The molecule has 0 aliphatic rings. The second-order valence-corrected chi connectivity index (χ2v) is 37.3. The van der Waals surface area contributed by atoms with Gasteiger partial charge < -0.3 is 146 Å². The monoisotopic (exact) mass is 2020 g/mol. The van der Waals surface area contributed by atoms with Crippen LogP contribution in [0.25, 0.3) is 21.8 Å². The van der Waals surface area contributed by atoms with E-state index in [2.05, 4.69) is 89.7 Å². The van der Waals surface area contributed by atoms with Crippen LogP contribution in [0, 0.1) is 23.2 Å². The first-order valence-corrected chi connectivity index (χ1v) is 49.7. The van der Waals surface area contributed by atoms with E-state index in [0.717, 1.165) is 5.56 Å². The zero-order valence-electron chi connectivity index (χ0n) is 83.6. The maximum Gasteiger partial charge on any atom is 0.303 e. The van der Waals surface area contributed by atoms with Gasteiger partial charge in [-0.2, -0.15) is 0 Å². The number of aromatic amines is 2. The molecule has 2 aromatic heterocycles. The van der Waals surface area contributed by atoms with Crippen molar-refractivity contribution in [2.45, 2.75) is 286 Å². The Balaban J connectivity index is 1.24. The molecular weight excluding hydrogens is 1870 g/mol. The summed E-state index contributed by atoms with van der Waals surface area (Å²) < 4.78 is 0. The molecule has 6 rings (SSSR count). The molecule has 0 saturated heterocycles. The van der Waals surface area contributed by atoms with Crippen LogP contribution in [0.15, 0.2) is 122 Å². The van der Waals surface area contributed by atoms with Crippen LogP contribution in [0.2, 0.25) is 0 Å². The third kappa shape index (κ3) is 41.7. The highest BCUT2D eigenvalue weighted by Crippen LogP contribution is 2.24. The fraction of sp³-hybridized carbons (Fsp3) is 0.540. The maximum atomic E-state index is 15.2. The van der Waals surface area contributed by atoms with Crippen molar-refractivity contribution in [2.75, 3.05) is 39.3 Å². The summed E-state index contributed by atoms with van der Waals surface area (Å²) in [5, 5.41) is 69.9. The molecule has 36 N–H and O–H groups in total. The minimum absolute atomic E-state index is 0.0685. The zero-order valence-corrected chi connectivity index (χ0v) is 83.6. The molecule has 2 heterocycles. The van der Waals surface area contributed by atoms with Crippen molar-refractivity contribution >= 4 is 128 Å². The fourth-order valence-electron chi connectivity index (χ4n) is 16.4. The number of primary amides is 2. The SMILES string of the molecule is CC[C@H](C)[C@H](NC(=O)[C@H](CCCCN)NC(=O)[C@H](CO)NC(=O)[C@H](Cc1ccccc1)NC(=O)[C@H](CC(C)C)NC(=O)[C@H](CCCCN)NC(=O)[C@H](CCC(=O)O)NC(=O)[C@H](CC(C)C)NC(=O)[C@H](CCCNC(=N)N)NC(=O)[C@H](CCCCN)NC(=O)[C@@H](N)Cc1ccccc1)C(=O)N[C@@H](Cc1c[nH]c2ccccc12)C(=O)N[C@@H](CC(N)=O)C(=O)N[C@@H](Cc1c[nH]c2ccccc12)C(=O)N[C@@H](CCCCN)C(N)=O. The molecule has 45 heteroatoms. The van der Waals surface area contributed by atoms with Crippen LogP contribution < -0.4 is 126 Å². The zero-order chi connectivity index (χ0) is 107. The first-order chi connectivity index (χ1) is 69.2. The van der Waals surface area contributed by atoms with Gasteiger partial charge in [0.05, 0.1) is 19.1 Å². The summed E-state index contributed by atoms with van der Waals surface area (Å²) in [6.45, 7) is 10.1. The van der Waals surface area contributed by atoms with E-state index < -0.39 is 223 Å². The summed E-state index contributed by atoms with van der Waals surface area (Å²) in [4.78, 5) is 251. The van der Waals surface area contributed by atoms with Crippen molar-refractivity contribution in [2.24, 2.45) is 63.6 Å². The molecule has 0 aliphatic carbocycles. The number of rotatable bonds is 69. The van der Waals surface area contributed by atoms with Gasteiger partial charge in [-0.05, 0) is 194 Å². The first-order valence-electron chi connectivity index (χ1n) is 49.7. The number of aliphatic hydroxyl groups excluding tert-OH is 1. The number of nitrogens with two attached hydrogens (primary N) is 8. The number of hydrogen-bond acceptors (Lipinski definition) is 24. The lowest BCUT2D eigenvalue weighted by molar-refractivity contribution is -0.139. The Kier molecular flexibility index (Phi) is 52.2. The number of carboxylic acids is 1. The highest BCUT2D eigenvalue weighted by atomic mass is 16.4. The number of benzene rings is 4. The van der Waals surface area contributed by atoms with Gasteiger partial charge in [-0.15, -0.1) is 0 Å². The lowest BCUT2D eigenvalue weighted by atomic mass is 9.96. The molecule has 16 atom stereocenters. The van der Waals surface area contributed by atoms with E-state index in [1.807, 2.05) is 0 Å². The van der Waals surface area contributed by atoms with Gasteiger partial charge in [0.1, 0.15) is 84.6 Å². The van der Waals surface area contributed by atoms with Gasteiger partial charge in [0.15, 0.2) is 5.96 Å². The Morgan fingerprint density at radius 1 is 0.352 bits per heavy atom. The second-order valence-electron chi connectivity index (χ2n) is 37.3. The molecule has 0 spiro atoms. The minimum Gasteiger partial charge on any atom is -0.481 e. The molecule has 0 aliphatic heterocycles. The molecule has 0 saturated carbocycles. The third-order valence-corrected chi connectivity index (χ3v) is 24.6. The van der Waals surface area contributed by atoms with Crippen LogP contribution in [-0.4, -0.2) is 257 Å². The van der Waals surface area contributed by atoms with Crippen LogP contribution in [-0.2, 0) is 107 Å². The van der Waals surface area contributed by atoms with Crippen molar-refractivity contribution < 1.29 is 91.7 Å². The van der Waals surface area contributed by atoms with E-state index in [1.54, 1.807) is 163 Å². The molecular formula is C100H152N26O19. The number of guanidine groups is 1. The van der Waals surface area contributed by atoms with Gasteiger partial charge in [0, 0.05) is 66.4 Å². The number of H-pyrrole nitrogens is 2. The van der Waals surface area contributed by atoms with Crippen molar-refractivity contribution in [3.63, 3.8) is 0 Å². The number of para-hydroxylation sites is 2. The second kappa shape index (κ2) is 63.2. The van der Waals surface area contributed by atoms with Gasteiger partial charge in [0.25, 0.3) is 0 Å². The molecule has 16 amide bonds. The number of aromatic nitrogens is 2. The normalized spacial score (nSPS) is 14.6. The van der Waals surface area contributed by atoms with Gasteiger partial charge in [0.2, 0.25) is 94.5 Å². The molecule has 0 radical (unpaired) electrons. The van der Waals surface area contributed by atoms with Crippen LogP contribution in [0.4, 0.5) is 0 Å². The van der Waals surface area contributed by atoms with Crippen LogP contribution in [0.1, 0.15) is 192 Å². The molecule has 6 aromatic rings. The van der Waals surface area contributed by atoms with Gasteiger partial charge in [-0.3, -0.25) is 86.9 Å². The van der Waals surface area contributed by atoms with E-state index in [-0.39, 0.29) is 140 Å². The average molecular weight is 2020 g/mol. The molecule has 0 unspecified atom stereocenters. The Labute approximate surface area is 844 Å². The lowest BCUT2D eigenvalue weighted by Gasteiger charge is -2.30. The molecule has 796 valence electrons. The number of hydrogen-bond donors (Lipinski definition) is 28. The number of unbranched alkanes of at least 4 members (excludes halogenated alkanes) is 4. The van der Waals surface area contributed by atoms with Crippen molar-refractivity contribution in [3.8, 4) is 0 Å². The van der Waals surface area contributed by atoms with Gasteiger partial charge in [-0.1, -0.05) is 145 Å². The van der Waals surface area contributed by atoms with Crippen molar-refractivity contribution in [1.82, 2.24) is 89.7 Å². The van der Waals surface area contributed by atoms with Crippen LogP contribution >= 0.6 is 0 Å². The highest BCUT2D eigenvalue weighted by Gasteiger charge is 2.41. The quantitative estimate of drug-likeness (QED) is 0.0113. The maximum absolute atomic E-state index is 15.2. The number of nitrogens with one attached hydrogen (secondary N) is 18. The molecule has 4 aromatic carbocycles. The van der Waals surface area contributed by atoms with E-state index in [9.17, 15) is 72.5 Å². The van der Waals surface area contributed by atoms with E-state index in [4.69, 9.17) is 51.3 Å². The lowest BCUT2D eigenvalue weighted by Crippen LogP contribution is -2.62. The minimum atomic E-state index is -1.87. The van der Waals surface area contributed by atoms with E-state index in [1.165, 1.54) is 0 Å². The van der Waals surface area contributed by atoms with Crippen LogP contribution in [0.5, 0.6) is 0 Å². The van der Waals surface area contributed by atoms with Gasteiger partial charge >= 0.3 is 5.97 Å². The number of carboxylic acid groups (broad SMARTS) is 1. The number of carbonyl (C=O) groups excluding carboxylic acids is 16. The Morgan fingerprint density at radius 3 is 1.06 bits per heavy atom. The summed E-state index contributed by atoms with van der Waals surface area (Å²) in [5.74, 6) is -18.4. The molecule has 145 heavy (non-hydrogen) atoms. The Morgan fingerprint density at radius 2 is 0.669 bits per heavy atom.